The first-order valence-corrected chi connectivity index (χ1v) is 7.99. The van der Waals surface area contributed by atoms with E-state index in [-0.39, 0.29) is 6.61 Å². The Morgan fingerprint density at radius 3 is 2.75 bits per heavy atom. The normalized spacial score (nSPS) is 12.2. The van der Waals surface area contributed by atoms with Gasteiger partial charge in [0.25, 0.3) is 0 Å². The molecular weight excluding hydrogens is 278 g/mol. The molecule has 1 amide bonds. The first-order chi connectivity index (χ1) is 9.34. The highest BCUT2D eigenvalue weighted by Crippen LogP contribution is 2.11. The van der Waals surface area contributed by atoms with Crippen molar-refractivity contribution in [2.75, 3.05) is 18.2 Å². The number of hydrogen-bond donors (Lipinski definition) is 2. The molecule has 0 aliphatic carbocycles. The molecule has 0 aromatic heterocycles. The summed E-state index contributed by atoms with van der Waals surface area (Å²) in [5, 5.41) is 10.1. The van der Waals surface area contributed by atoms with E-state index >= 15 is 0 Å². The standard InChI is InChI=1S/C14H17NO4S/c1-11(20(2,18)19)14(17)15-13-8-5-7-12(10-13)6-3-4-9-16/h5,7-8,10-11,16H,4,9H2,1-2H3,(H,15,17). The van der Waals surface area contributed by atoms with Gasteiger partial charge in [-0.25, -0.2) is 8.42 Å². The monoisotopic (exact) mass is 295 g/mol. The number of anilines is 1. The number of benzene rings is 1. The molecule has 0 heterocycles. The summed E-state index contributed by atoms with van der Waals surface area (Å²) in [6, 6.07) is 6.78. The number of amides is 1. The molecule has 0 spiro atoms. The van der Waals surface area contributed by atoms with Crippen molar-refractivity contribution >= 4 is 21.4 Å². The molecule has 1 aromatic carbocycles. The quantitative estimate of drug-likeness (QED) is 0.805. The van der Waals surface area contributed by atoms with Crippen LogP contribution in [0.25, 0.3) is 0 Å². The summed E-state index contributed by atoms with van der Waals surface area (Å²) in [5.74, 6) is 5.03. The number of rotatable bonds is 4. The van der Waals surface area contributed by atoms with Gasteiger partial charge >= 0.3 is 0 Å². The Labute approximate surface area is 118 Å². The molecule has 0 saturated heterocycles. The summed E-state index contributed by atoms with van der Waals surface area (Å²) in [5.41, 5.74) is 1.17. The molecule has 6 heteroatoms. The van der Waals surface area contributed by atoms with Crippen molar-refractivity contribution in [3.8, 4) is 11.8 Å². The summed E-state index contributed by atoms with van der Waals surface area (Å²) in [6.45, 7) is 1.34. The number of carbonyl (C=O) groups is 1. The fourth-order valence-corrected chi connectivity index (χ4v) is 1.78. The zero-order valence-electron chi connectivity index (χ0n) is 11.4. The number of aliphatic hydroxyl groups is 1. The van der Waals surface area contributed by atoms with Crippen LogP contribution in [-0.2, 0) is 14.6 Å². The molecule has 1 rings (SSSR count). The molecule has 108 valence electrons. The Morgan fingerprint density at radius 1 is 1.45 bits per heavy atom. The van der Waals surface area contributed by atoms with Gasteiger partial charge in [0.1, 0.15) is 5.25 Å². The van der Waals surface area contributed by atoms with E-state index in [0.29, 0.717) is 17.7 Å². The Morgan fingerprint density at radius 2 is 2.15 bits per heavy atom. The van der Waals surface area contributed by atoms with Gasteiger partial charge in [-0.2, -0.15) is 0 Å². The van der Waals surface area contributed by atoms with Crippen molar-refractivity contribution < 1.29 is 18.3 Å². The highest BCUT2D eigenvalue weighted by molar-refractivity contribution is 7.92. The van der Waals surface area contributed by atoms with E-state index in [0.717, 1.165) is 6.26 Å². The summed E-state index contributed by atoms with van der Waals surface area (Å²) in [7, 11) is -3.42. The van der Waals surface area contributed by atoms with Gasteiger partial charge in [0, 0.05) is 23.9 Å². The van der Waals surface area contributed by atoms with Crippen molar-refractivity contribution in [3.63, 3.8) is 0 Å². The van der Waals surface area contributed by atoms with Gasteiger partial charge < -0.3 is 10.4 Å². The van der Waals surface area contributed by atoms with Crippen LogP contribution < -0.4 is 5.32 Å². The molecule has 2 N–H and O–H groups in total. The Balaban J connectivity index is 2.82. The van der Waals surface area contributed by atoms with E-state index < -0.39 is 21.0 Å². The van der Waals surface area contributed by atoms with Crippen LogP contribution in [0.15, 0.2) is 24.3 Å². The molecular formula is C14H17NO4S. The molecule has 5 nitrogen and oxygen atoms in total. The second-order valence-corrected chi connectivity index (χ2v) is 6.68. The van der Waals surface area contributed by atoms with E-state index in [9.17, 15) is 13.2 Å². The molecule has 0 aliphatic heterocycles. The van der Waals surface area contributed by atoms with Crippen molar-refractivity contribution in [2.45, 2.75) is 18.6 Å². The highest BCUT2D eigenvalue weighted by Gasteiger charge is 2.23. The van der Waals surface area contributed by atoms with Gasteiger partial charge in [-0.05, 0) is 25.1 Å². The number of hydrogen-bond acceptors (Lipinski definition) is 4. The van der Waals surface area contributed by atoms with E-state index in [1.54, 1.807) is 24.3 Å². The second-order valence-electron chi connectivity index (χ2n) is 4.32. The van der Waals surface area contributed by atoms with Gasteiger partial charge in [0.05, 0.1) is 6.61 Å². The summed E-state index contributed by atoms with van der Waals surface area (Å²) in [4.78, 5) is 11.8. The van der Waals surface area contributed by atoms with Crippen LogP contribution in [0.5, 0.6) is 0 Å². The molecule has 1 atom stereocenters. The maximum absolute atomic E-state index is 11.8. The predicted molar refractivity (Wildman–Crippen MR) is 78.0 cm³/mol. The number of aliphatic hydroxyl groups excluding tert-OH is 1. The zero-order chi connectivity index (χ0) is 15.2. The number of carbonyl (C=O) groups excluding carboxylic acids is 1. The minimum absolute atomic E-state index is 0.00466. The molecule has 1 unspecified atom stereocenters. The molecule has 0 fully saturated rings. The second kappa shape index (κ2) is 7.08. The van der Waals surface area contributed by atoms with Crippen LogP contribution in [0.2, 0.25) is 0 Å². The van der Waals surface area contributed by atoms with E-state index in [4.69, 9.17) is 5.11 Å². The summed E-state index contributed by atoms with van der Waals surface area (Å²) >= 11 is 0. The van der Waals surface area contributed by atoms with Crippen LogP contribution in [-0.4, -0.2) is 37.5 Å². The summed E-state index contributed by atoms with van der Waals surface area (Å²) in [6.07, 6.45) is 1.40. The van der Waals surface area contributed by atoms with Crippen molar-refractivity contribution in [1.82, 2.24) is 0 Å². The lowest BCUT2D eigenvalue weighted by Gasteiger charge is -2.10. The smallest absolute Gasteiger partial charge is 0.242 e. The third-order valence-corrected chi connectivity index (χ3v) is 4.11. The van der Waals surface area contributed by atoms with Crippen molar-refractivity contribution in [3.05, 3.63) is 29.8 Å². The average Bonchev–Trinajstić information content (AvgIpc) is 2.37. The molecule has 0 bridgehead atoms. The fourth-order valence-electron chi connectivity index (χ4n) is 1.33. The SMILES string of the molecule is CC(C(=O)Nc1cccc(C#CCCO)c1)S(C)(=O)=O. The van der Waals surface area contributed by atoms with E-state index in [1.807, 2.05) is 0 Å². The molecule has 1 aromatic rings. The molecule has 0 saturated carbocycles. The first kappa shape index (κ1) is 16.2. The number of sulfone groups is 1. The fraction of sp³-hybridized carbons (Fsp3) is 0.357. The van der Waals surface area contributed by atoms with Gasteiger partial charge in [-0.15, -0.1) is 0 Å². The molecule has 0 radical (unpaired) electrons. The molecule has 0 aliphatic rings. The lowest BCUT2D eigenvalue weighted by molar-refractivity contribution is -0.115. The third-order valence-electron chi connectivity index (χ3n) is 2.61. The van der Waals surface area contributed by atoms with Crippen LogP contribution in [0, 0.1) is 11.8 Å². The van der Waals surface area contributed by atoms with E-state index in [2.05, 4.69) is 17.2 Å². The summed E-state index contributed by atoms with van der Waals surface area (Å²) < 4.78 is 22.6. The van der Waals surface area contributed by atoms with Crippen LogP contribution in [0.1, 0.15) is 18.9 Å². The minimum Gasteiger partial charge on any atom is -0.395 e. The van der Waals surface area contributed by atoms with Crippen LogP contribution in [0.3, 0.4) is 0 Å². The maximum Gasteiger partial charge on any atom is 0.242 e. The predicted octanol–water partition coefficient (Wildman–Crippen LogP) is 0.792. The van der Waals surface area contributed by atoms with Crippen molar-refractivity contribution in [2.24, 2.45) is 0 Å². The number of nitrogens with one attached hydrogen (secondary N) is 1. The Bertz CT molecular complexity index is 641. The maximum atomic E-state index is 11.8. The van der Waals surface area contributed by atoms with Gasteiger partial charge in [0.2, 0.25) is 5.91 Å². The van der Waals surface area contributed by atoms with Crippen LogP contribution in [0.4, 0.5) is 5.69 Å². The lowest BCUT2D eigenvalue weighted by Crippen LogP contribution is -2.31. The van der Waals surface area contributed by atoms with Crippen molar-refractivity contribution in [1.29, 1.82) is 0 Å². The van der Waals surface area contributed by atoms with Crippen LogP contribution >= 0.6 is 0 Å². The third kappa shape index (κ3) is 5.03. The Kier molecular flexibility index (Phi) is 5.74. The van der Waals surface area contributed by atoms with Gasteiger partial charge in [-0.3, -0.25) is 4.79 Å². The average molecular weight is 295 g/mol. The molecule has 20 heavy (non-hydrogen) atoms. The highest BCUT2D eigenvalue weighted by atomic mass is 32.2. The minimum atomic E-state index is -3.42. The van der Waals surface area contributed by atoms with Gasteiger partial charge in [-0.1, -0.05) is 17.9 Å². The largest absolute Gasteiger partial charge is 0.395 e. The Hall–Kier alpha value is -1.84. The lowest BCUT2D eigenvalue weighted by atomic mass is 10.2. The van der Waals surface area contributed by atoms with E-state index in [1.165, 1.54) is 6.92 Å². The topological polar surface area (TPSA) is 83.5 Å². The first-order valence-electron chi connectivity index (χ1n) is 6.04. The van der Waals surface area contributed by atoms with Gasteiger partial charge in [0.15, 0.2) is 9.84 Å². The zero-order valence-corrected chi connectivity index (χ0v) is 12.2.